The summed E-state index contributed by atoms with van der Waals surface area (Å²) >= 11 is 0. The lowest BCUT2D eigenvalue weighted by molar-refractivity contribution is 0.118. The Balaban J connectivity index is 1.99. The minimum absolute atomic E-state index is 0.0447. The van der Waals surface area contributed by atoms with E-state index in [2.05, 4.69) is 38.4 Å². The largest absolute Gasteiger partial charge is 0.496 e. The van der Waals surface area contributed by atoms with Gasteiger partial charge in [0, 0.05) is 38.9 Å². The van der Waals surface area contributed by atoms with Crippen molar-refractivity contribution < 1.29 is 9.47 Å². The molecule has 1 unspecified atom stereocenters. The van der Waals surface area contributed by atoms with Crippen molar-refractivity contribution in [2.45, 2.75) is 12.6 Å². The van der Waals surface area contributed by atoms with E-state index < -0.39 is 0 Å². The van der Waals surface area contributed by atoms with E-state index in [1.54, 1.807) is 14.2 Å². The van der Waals surface area contributed by atoms with E-state index in [1.807, 2.05) is 22.9 Å². The molecule has 25 heavy (non-hydrogen) atoms. The first-order valence-electron chi connectivity index (χ1n) is 8.55. The molecule has 1 aromatic carbocycles. The zero-order valence-corrected chi connectivity index (χ0v) is 15.1. The molecule has 2 heterocycles. The Bertz CT molecular complexity index is 669. The van der Waals surface area contributed by atoms with Crippen molar-refractivity contribution in [3.8, 4) is 5.75 Å². The summed E-state index contributed by atoms with van der Waals surface area (Å²) in [4.78, 5) is 4.76. The van der Waals surface area contributed by atoms with Gasteiger partial charge in [-0.05, 0) is 23.5 Å². The highest BCUT2D eigenvalue weighted by Gasteiger charge is 2.31. The van der Waals surface area contributed by atoms with Gasteiger partial charge in [-0.15, -0.1) is 5.10 Å². The second-order valence-corrected chi connectivity index (χ2v) is 6.24. The van der Waals surface area contributed by atoms with E-state index in [1.165, 1.54) is 0 Å². The molecule has 1 aliphatic heterocycles. The lowest BCUT2D eigenvalue weighted by Crippen LogP contribution is -2.46. The molecule has 1 atom stereocenters. The monoisotopic (exact) mass is 346 g/mol. The molecular weight excluding hydrogens is 320 g/mol. The second-order valence-electron chi connectivity index (χ2n) is 6.24. The summed E-state index contributed by atoms with van der Waals surface area (Å²) < 4.78 is 12.6. The Labute approximate surface area is 148 Å². The number of nitrogens with zero attached hydrogens (tertiary/aromatic N) is 6. The van der Waals surface area contributed by atoms with Crippen LogP contribution in [-0.2, 0) is 11.3 Å². The lowest BCUT2D eigenvalue weighted by atomic mass is 10.0. The number of piperazine rings is 1. The number of hydrogen-bond donors (Lipinski definition) is 0. The number of methoxy groups -OCH3 is 2. The third-order valence-corrected chi connectivity index (χ3v) is 4.65. The average molecular weight is 346 g/mol. The number of likely N-dealkylation sites (N-methyl/N-ethyl adjacent to an activating group) is 1. The van der Waals surface area contributed by atoms with Gasteiger partial charge in [-0.25, -0.2) is 4.68 Å². The summed E-state index contributed by atoms with van der Waals surface area (Å²) in [6.45, 7) is 5.14. The molecule has 8 heteroatoms. The molecule has 1 aromatic heterocycles. The van der Waals surface area contributed by atoms with Gasteiger partial charge >= 0.3 is 0 Å². The molecule has 1 saturated heterocycles. The predicted molar refractivity (Wildman–Crippen MR) is 93.6 cm³/mol. The molecule has 0 saturated carbocycles. The molecule has 2 aromatic rings. The molecule has 0 bridgehead atoms. The molecule has 0 amide bonds. The molecule has 0 N–H and O–H groups in total. The molecule has 136 valence electrons. The van der Waals surface area contributed by atoms with Crippen LogP contribution in [0.3, 0.4) is 0 Å². The topological polar surface area (TPSA) is 68.5 Å². The SMILES string of the molecule is COCCn1nnnc1C(c1ccccc1OC)N1CCN(C)CC1. The van der Waals surface area contributed by atoms with E-state index >= 15 is 0 Å². The Hall–Kier alpha value is -2.03. The summed E-state index contributed by atoms with van der Waals surface area (Å²) in [5.74, 6) is 1.68. The Kier molecular flexibility index (Phi) is 5.95. The van der Waals surface area contributed by atoms with E-state index in [0.29, 0.717) is 13.2 Å². The zero-order chi connectivity index (χ0) is 17.6. The maximum absolute atomic E-state index is 5.62. The molecule has 0 spiro atoms. The fourth-order valence-corrected chi connectivity index (χ4v) is 3.22. The maximum Gasteiger partial charge on any atom is 0.173 e. The fraction of sp³-hybridized carbons (Fsp3) is 0.588. The van der Waals surface area contributed by atoms with Gasteiger partial charge in [0.05, 0.1) is 20.3 Å². The highest BCUT2D eigenvalue weighted by atomic mass is 16.5. The van der Waals surface area contributed by atoms with E-state index in [0.717, 1.165) is 43.3 Å². The maximum atomic E-state index is 5.62. The van der Waals surface area contributed by atoms with Crippen molar-refractivity contribution in [3.63, 3.8) is 0 Å². The van der Waals surface area contributed by atoms with Crippen molar-refractivity contribution in [2.24, 2.45) is 0 Å². The van der Waals surface area contributed by atoms with Crippen LogP contribution in [0, 0.1) is 0 Å². The fourth-order valence-electron chi connectivity index (χ4n) is 3.22. The van der Waals surface area contributed by atoms with Crippen LogP contribution in [0.1, 0.15) is 17.4 Å². The van der Waals surface area contributed by atoms with Gasteiger partial charge < -0.3 is 14.4 Å². The van der Waals surface area contributed by atoms with Crippen molar-refractivity contribution in [1.29, 1.82) is 0 Å². The normalized spacial score (nSPS) is 17.6. The van der Waals surface area contributed by atoms with Crippen LogP contribution in [-0.4, -0.2) is 84.1 Å². The number of aromatic nitrogens is 4. The Morgan fingerprint density at radius 1 is 1.12 bits per heavy atom. The van der Waals surface area contributed by atoms with Gasteiger partial charge in [0.2, 0.25) is 0 Å². The van der Waals surface area contributed by atoms with Crippen molar-refractivity contribution in [1.82, 2.24) is 30.0 Å². The molecule has 0 aliphatic carbocycles. The van der Waals surface area contributed by atoms with Crippen LogP contribution in [0.5, 0.6) is 5.75 Å². The zero-order valence-electron chi connectivity index (χ0n) is 15.1. The first-order valence-corrected chi connectivity index (χ1v) is 8.55. The quantitative estimate of drug-likeness (QED) is 0.730. The van der Waals surface area contributed by atoms with Gasteiger partial charge in [-0.1, -0.05) is 18.2 Å². The molecule has 8 nitrogen and oxygen atoms in total. The average Bonchev–Trinajstić information content (AvgIpc) is 3.10. The number of tetrazole rings is 1. The molecule has 3 rings (SSSR count). The van der Waals surface area contributed by atoms with Gasteiger partial charge in [0.15, 0.2) is 5.82 Å². The van der Waals surface area contributed by atoms with E-state index in [9.17, 15) is 0 Å². The standard InChI is InChI=1S/C17H26N6O2/c1-21-8-10-22(11-9-21)16(14-6-4-5-7-15(14)25-3)17-18-19-20-23(17)12-13-24-2/h4-7,16H,8-13H2,1-3H3. The Morgan fingerprint density at radius 2 is 1.88 bits per heavy atom. The van der Waals surface area contributed by atoms with Gasteiger partial charge in [0.1, 0.15) is 11.8 Å². The third kappa shape index (κ3) is 3.97. The summed E-state index contributed by atoms with van der Waals surface area (Å²) in [6.07, 6.45) is 0. The minimum atomic E-state index is -0.0447. The number of ether oxygens (including phenoxy) is 2. The second kappa shape index (κ2) is 8.37. The smallest absolute Gasteiger partial charge is 0.173 e. The van der Waals surface area contributed by atoms with Crippen molar-refractivity contribution in [2.75, 3.05) is 54.1 Å². The van der Waals surface area contributed by atoms with Crippen LogP contribution in [0.2, 0.25) is 0 Å². The lowest BCUT2D eigenvalue weighted by Gasteiger charge is -2.37. The van der Waals surface area contributed by atoms with E-state index in [4.69, 9.17) is 9.47 Å². The van der Waals surface area contributed by atoms with Crippen LogP contribution in [0.15, 0.2) is 24.3 Å². The highest BCUT2D eigenvalue weighted by molar-refractivity contribution is 5.39. The van der Waals surface area contributed by atoms with Crippen LogP contribution >= 0.6 is 0 Å². The minimum Gasteiger partial charge on any atom is -0.496 e. The van der Waals surface area contributed by atoms with Gasteiger partial charge in [-0.3, -0.25) is 4.90 Å². The summed E-state index contributed by atoms with van der Waals surface area (Å²) in [7, 11) is 5.54. The predicted octanol–water partition coefficient (Wildman–Crippen LogP) is 0.665. The van der Waals surface area contributed by atoms with Crippen LogP contribution in [0.25, 0.3) is 0 Å². The van der Waals surface area contributed by atoms with Gasteiger partial charge in [-0.2, -0.15) is 0 Å². The number of hydrogen-bond acceptors (Lipinski definition) is 7. The summed E-state index contributed by atoms with van der Waals surface area (Å²) in [6, 6.07) is 8.05. The number of para-hydroxylation sites is 1. The van der Waals surface area contributed by atoms with E-state index in [-0.39, 0.29) is 6.04 Å². The van der Waals surface area contributed by atoms with Crippen LogP contribution < -0.4 is 4.74 Å². The first kappa shape index (κ1) is 17.8. The molecule has 1 aliphatic rings. The molecular formula is C17H26N6O2. The highest BCUT2D eigenvalue weighted by Crippen LogP contribution is 2.33. The first-order chi connectivity index (χ1) is 12.2. The van der Waals surface area contributed by atoms with Crippen LogP contribution in [0.4, 0.5) is 0 Å². The number of rotatable bonds is 7. The third-order valence-electron chi connectivity index (χ3n) is 4.65. The number of benzene rings is 1. The van der Waals surface area contributed by atoms with Gasteiger partial charge in [0.25, 0.3) is 0 Å². The van der Waals surface area contributed by atoms with Crippen molar-refractivity contribution >= 4 is 0 Å². The van der Waals surface area contributed by atoms with Crippen molar-refractivity contribution in [3.05, 3.63) is 35.7 Å². The summed E-state index contributed by atoms with van der Waals surface area (Å²) in [5, 5.41) is 12.4. The Morgan fingerprint density at radius 3 is 2.60 bits per heavy atom. The molecule has 0 radical (unpaired) electrons. The molecule has 1 fully saturated rings. The summed E-state index contributed by atoms with van der Waals surface area (Å²) in [5.41, 5.74) is 1.09.